The smallest absolute Gasteiger partial charge is 0.145 e. The molecule has 0 unspecified atom stereocenters. The Bertz CT molecular complexity index is 568. The van der Waals surface area contributed by atoms with Crippen molar-refractivity contribution in [3.05, 3.63) is 39.6 Å². The zero-order valence-electron chi connectivity index (χ0n) is 10.2. The van der Waals surface area contributed by atoms with Crippen molar-refractivity contribution < 1.29 is 0 Å². The van der Waals surface area contributed by atoms with Gasteiger partial charge in [-0.15, -0.1) is 0 Å². The number of nitrogens with one attached hydrogen (secondary N) is 2. The van der Waals surface area contributed by atoms with Crippen molar-refractivity contribution in [2.24, 2.45) is 5.84 Å². The fourth-order valence-corrected chi connectivity index (χ4v) is 2.01. The highest BCUT2D eigenvalue weighted by atomic mass is 79.9. The van der Waals surface area contributed by atoms with Gasteiger partial charge in [0, 0.05) is 22.6 Å². The lowest BCUT2D eigenvalue weighted by Crippen LogP contribution is -2.11. The highest BCUT2D eigenvalue weighted by molar-refractivity contribution is 9.10. The second-order valence-electron chi connectivity index (χ2n) is 3.81. The molecule has 4 N–H and O–H groups in total. The van der Waals surface area contributed by atoms with Crippen LogP contribution in [-0.4, -0.2) is 9.97 Å². The first kappa shape index (κ1) is 14.0. The Morgan fingerprint density at radius 1 is 1.26 bits per heavy atom. The molecule has 0 aliphatic rings. The highest BCUT2D eigenvalue weighted by Gasteiger charge is 2.04. The summed E-state index contributed by atoms with van der Waals surface area (Å²) in [5.41, 5.74) is 3.40. The number of anilines is 3. The highest BCUT2D eigenvalue weighted by Crippen LogP contribution is 2.27. The molecule has 0 atom stereocenters. The monoisotopic (exact) mass is 341 g/mol. The van der Waals surface area contributed by atoms with E-state index in [0.29, 0.717) is 22.5 Å². The van der Waals surface area contributed by atoms with Crippen LogP contribution in [0.2, 0.25) is 5.02 Å². The number of hydrazine groups is 1. The average Bonchev–Trinajstić information content (AvgIpc) is 2.42. The first-order valence-electron chi connectivity index (χ1n) is 5.69. The van der Waals surface area contributed by atoms with Crippen LogP contribution in [0.25, 0.3) is 0 Å². The molecule has 5 nitrogen and oxygen atoms in total. The molecule has 0 saturated heterocycles. The first-order chi connectivity index (χ1) is 9.12. The Morgan fingerprint density at radius 2 is 2.00 bits per heavy atom. The summed E-state index contributed by atoms with van der Waals surface area (Å²) in [5, 5.41) is 3.85. The van der Waals surface area contributed by atoms with Crippen molar-refractivity contribution >= 4 is 44.9 Å². The summed E-state index contributed by atoms with van der Waals surface area (Å²) < 4.78 is 0.820. The quantitative estimate of drug-likeness (QED) is 0.586. The van der Waals surface area contributed by atoms with Crippen molar-refractivity contribution in [1.82, 2.24) is 9.97 Å². The SMILES string of the molecule is CCc1nc(NN)cc(Nc2ccc(Cl)c(Br)c2)n1. The number of nitrogens with zero attached hydrogens (tertiary/aromatic N) is 2. The number of aromatic nitrogens is 2. The number of aryl methyl sites for hydroxylation is 1. The van der Waals surface area contributed by atoms with Crippen molar-refractivity contribution in [2.75, 3.05) is 10.7 Å². The molecule has 100 valence electrons. The molecule has 2 aromatic rings. The second-order valence-corrected chi connectivity index (χ2v) is 5.07. The van der Waals surface area contributed by atoms with Gasteiger partial charge in [0.05, 0.1) is 5.02 Å². The molecule has 0 fully saturated rings. The van der Waals surface area contributed by atoms with Gasteiger partial charge in [0.15, 0.2) is 0 Å². The maximum absolute atomic E-state index is 5.95. The van der Waals surface area contributed by atoms with Gasteiger partial charge in [-0.25, -0.2) is 15.8 Å². The molecule has 2 rings (SSSR count). The summed E-state index contributed by atoms with van der Waals surface area (Å²) in [5.74, 6) is 7.35. The van der Waals surface area contributed by atoms with Crippen molar-refractivity contribution in [3.63, 3.8) is 0 Å². The van der Waals surface area contributed by atoms with Gasteiger partial charge in [0.25, 0.3) is 0 Å². The van der Waals surface area contributed by atoms with Gasteiger partial charge in [0.1, 0.15) is 17.5 Å². The molecule has 0 spiro atoms. The van der Waals surface area contributed by atoms with E-state index in [1.165, 1.54) is 0 Å². The van der Waals surface area contributed by atoms with Gasteiger partial charge in [0.2, 0.25) is 0 Å². The summed E-state index contributed by atoms with van der Waals surface area (Å²) in [6.45, 7) is 1.98. The van der Waals surface area contributed by atoms with E-state index in [1.54, 1.807) is 12.1 Å². The molecule has 1 aromatic heterocycles. The number of nitrogens with two attached hydrogens (primary N) is 1. The van der Waals surface area contributed by atoms with Crippen LogP contribution in [0.5, 0.6) is 0 Å². The number of halogens is 2. The average molecular weight is 343 g/mol. The number of hydrogen-bond donors (Lipinski definition) is 3. The zero-order chi connectivity index (χ0) is 13.8. The minimum Gasteiger partial charge on any atom is -0.340 e. The van der Waals surface area contributed by atoms with E-state index in [1.807, 2.05) is 19.1 Å². The molecule has 7 heteroatoms. The molecule has 0 aliphatic carbocycles. The minimum absolute atomic E-state index is 0.572. The predicted molar refractivity (Wildman–Crippen MR) is 81.7 cm³/mol. The van der Waals surface area contributed by atoms with Gasteiger partial charge in [-0.05, 0) is 34.1 Å². The fraction of sp³-hybridized carbons (Fsp3) is 0.167. The Hall–Kier alpha value is -1.37. The summed E-state index contributed by atoms with van der Waals surface area (Å²) in [6, 6.07) is 7.29. The lowest BCUT2D eigenvalue weighted by Gasteiger charge is -2.09. The number of rotatable bonds is 4. The molecule has 19 heavy (non-hydrogen) atoms. The second kappa shape index (κ2) is 6.18. The molecule has 1 aromatic carbocycles. The minimum atomic E-state index is 0.572. The van der Waals surface area contributed by atoms with Gasteiger partial charge in [-0.1, -0.05) is 18.5 Å². The van der Waals surface area contributed by atoms with E-state index in [9.17, 15) is 0 Å². The number of benzene rings is 1. The van der Waals surface area contributed by atoms with Crippen LogP contribution in [0.4, 0.5) is 17.3 Å². The van der Waals surface area contributed by atoms with Gasteiger partial charge >= 0.3 is 0 Å². The zero-order valence-corrected chi connectivity index (χ0v) is 12.6. The van der Waals surface area contributed by atoms with Crippen LogP contribution in [0.3, 0.4) is 0 Å². The third-order valence-electron chi connectivity index (χ3n) is 2.43. The molecule has 0 aliphatic heterocycles. The Balaban J connectivity index is 2.29. The van der Waals surface area contributed by atoms with Gasteiger partial charge in [-0.3, -0.25) is 0 Å². The van der Waals surface area contributed by atoms with Crippen LogP contribution >= 0.6 is 27.5 Å². The van der Waals surface area contributed by atoms with E-state index in [4.69, 9.17) is 17.4 Å². The molecular weight excluding hydrogens is 330 g/mol. The van der Waals surface area contributed by atoms with Crippen molar-refractivity contribution in [3.8, 4) is 0 Å². The van der Waals surface area contributed by atoms with E-state index in [2.05, 4.69) is 36.6 Å². The van der Waals surface area contributed by atoms with Crippen LogP contribution in [0, 0.1) is 0 Å². The van der Waals surface area contributed by atoms with Gasteiger partial charge < -0.3 is 10.7 Å². The van der Waals surface area contributed by atoms with Crippen LogP contribution in [-0.2, 0) is 6.42 Å². The molecule has 0 bridgehead atoms. The summed E-state index contributed by atoms with van der Waals surface area (Å²) in [4.78, 5) is 8.61. The van der Waals surface area contributed by atoms with Crippen molar-refractivity contribution in [2.45, 2.75) is 13.3 Å². The standard InChI is InChI=1S/C12H13BrClN5/c1-2-10-17-11(6-12(18-10)19-15)16-7-3-4-9(14)8(13)5-7/h3-6H,2,15H2,1H3,(H2,16,17,18,19). The lowest BCUT2D eigenvalue weighted by atomic mass is 10.3. The third-order valence-corrected chi connectivity index (χ3v) is 3.64. The first-order valence-corrected chi connectivity index (χ1v) is 6.86. The molecule has 1 heterocycles. The number of nitrogen functional groups attached to an aromatic ring is 1. The number of hydrogen-bond acceptors (Lipinski definition) is 5. The van der Waals surface area contributed by atoms with E-state index in [0.717, 1.165) is 16.6 Å². The Kier molecular flexibility index (Phi) is 4.57. The third kappa shape index (κ3) is 3.56. The summed E-state index contributed by atoms with van der Waals surface area (Å²) >= 11 is 9.33. The fourth-order valence-electron chi connectivity index (χ4n) is 1.51. The normalized spacial score (nSPS) is 10.3. The molecular formula is C12H13BrClN5. The maximum Gasteiger partial charge on any atom is 0.145 e. The van der Waals surface area contributed by atoms with E-state index >= 15 is 0 Å². The predicted octanol–water partition coefficient (Wildman–Crippen LogP) is 3.48. The molecule has 0 amide bonds. The van der Waals surface area contributed by atoms with Gasteiger partial charge in [-0.2, -0.15) is 0 Å². The van der Waals surface area contributed by atoms with Crippen LogP contribution < -0.4 is 16.6 Å². The summed E-state index contributed by atoms with van der Waals surface area (Å²) in [6.07, 6.45) is 0.731. The van der Waals surface area contributed by atoms with Crippen molar-refractivity contribution in [1.29, 1.82) is 0 Å². The topological polar surface area (TPSA) is 75.9 Å². The Labute approximate surface area is 124 Å². The molecule has 0 radical (unpaired) electrons. The summed E-state index contributed by atoms with van der Waals surface area (Å²) in [7, 11) is 0. The van der Waals surface area contributed by atoms with Crippen LogP contribution in [0.15, 0.2) is 28.7 Å². The lowest BCUT2D eigenvalue weighted by molar-refractivity contribution is 0.941. The molecule has 0 saturated carbocycles. The maximum atomic E-state index is 5.95. The van der Waals surface area contributed by atoms with Crippen LogP contribution in [0.1, 0.15) is 12.7 Å². The Morgan fingerprint density at radius 3 is 2.63 bits per heavy atom. The van der Waals surface area contributed by atoms with E-state index in [-0.39, 0.29) is 0 Å². The van der Waals surface area contributed by atoms with E-state index < -0.39 is 0 Å². The largest absolute Gasteiger partial charge is 0.340 e.